The average Bonchev–Trinajstić information content (AvgIpc) is 3.05. The second kappa shape index (κ2) is 5.68. The number of hydrogen-bond donors (Lipinski definition) is 2. The first-order valence-corrected chi connectivity index (χ1v) is 6.51. The summed E-state index contributed by atoms with van der Waals surface area (Å²) in [5.74, 6) is 0.737. The van der Waals surface area contributed by atoms with Crippen LogP contribution in [-0.2, 0) is 6.54 Å². The minimum Gasteiger partial charge on any atom is -0.497 e. The zero-order valence-corrected chi connectivity index (χ0v) is 11.7. The number of H-pyrrole nitrogens is 2. The lowest BCUT2D eigenvalue weighted by atomic mass is 10.2. The van der Waals surface area contributed by atoms with Crippen molar-refractivity contribution >= 4 is 0 Å². The molecule has 0 amide bonds. The Kier molecular flexibility index (Phi) is 3.57. The minimum absolute atomic E-state index is 0.280. The zero-order chi connectivity index (χ0) is 15.5. The van der Waals surface area contributed by atoms with Gasteiger partial charge in [-0.3, -0.25) is 19.4 Å². The molecule has 8 heteroatoms. The molecule has 0 unspecified atom stereocenters. The number of benzene rings is 1. The molecule has 2 N–H and O–H groups in total. The molecule has 0 bridgehead atoms. The molecule has 0 radical (unpaired) electrons. The molecule has 0 aliphatic rings. The Morgan fingerprint density at radius 2 is 2.00 bits per heavy atom. The molecule has 0 aliphatic carbocycles. The van der Waals surface area contributed by atoms with Crippen LogP contribution in [0, 0.1) is 0 Å². The van der Waals surface area contributed by atoms with Gasteiger partial charge in [0.05, 0.1) is 25.4 Å². The highest BCUT2D eigenvalue weighted by Crippen LogP contribution is 2.13. The summed E-state index contributed by atoms with van der Waals surface area (Å²) in [5, 5.41) is 9.89. The Morgan fingerprint density at radius 1 is 1.23 bits per heavy atom. The Hall–Kier alpha value is -3.16. The zero-order valence-electron chi connectivity index (χ0n) is 11.7. The lowest BCUT2D eigenvalue weighted by molar-refractivity contribution is 0.414. The normalized spacial score (nSPS) is 10.6. The lowest BCUT2D eigenvalue weighted by Crippen LogP contribution is -2.30. The molecule has 0 atom stereocenters. The van der Waals surface area contributed by atoms with Crippen LogP contribution in [0.15, 0.2) is 46.2 Å². The van der Waals surface area contributed by atoms with Crippen molar-refractivity contribution in [3.63, 3.8) is 0 Å². The topological polar surface area (TPSA) is 106 Å². The van der Waals surface area contributed by atoms with E-state index in [4.69, 9.17) is 4.74 Å². The summed E-state index contributed by atoms with van der Waals surface area (Å²) >= 11 is 0. The van der Waals surface area contributed by atoms with Gasteiger partial charge in [0, 0.05) is 6.20 Å². The van der Waals surface area contributed by atoms with Crippen molar-refractivity contribution in [2.24, 2.45) is 0 Å². The van der Waals surface area contributed by atoms with Crippen molar-refractivity contribution in [2.45, 2.75) is 6.54 Å². The van der Waals surface area contributed by atoms with Gasteiger partial charge in [-0.25, -0.2) is 4.79 Å². The number of aromatic nitrogens is 5. The number of methoxy groups -OCH3 is 1. The maximum atomic E-state index is 11.9. The van der Waals surface area contributed by atoms with Gasteiger partial charge < -0.3 is 4.74 Å². The predicted octanol–water partition coefficient (Wildman–Crippen LogP) is 0.379. The van der Waals surface area contributed by atoms with Gasteiger partial charge in [-0.2, -0.15) is 0 Å². The first-order chi connectivity index (χ1) is 10.7. The van der Waals surface area contributed by atoms with Gasteiger partial charge >= 0.3 is 5.69 Å². The van der Waals surface area contributed by atoms with Gasteiger partial charge in [-0.1, -0.05) is 17.3 Å². The van der Waals surface area contributed by atoms with Crippen LogP contribution in [0.1, 0.15) is 5.56 Å². The van der Waals surface area contributed by atoms with Gasteiger partial charge in [0.2, 0.25) is 0 Å². The molecule has 0 fully saturated rings. The fourth-order valence-electron chi connectivity index (χ4n) is 2.07. The van der Waals surface area contributed by atoms with E-state index < -0.39 is 11.2 Å². The van der Waals surface area contributed by atoms with E-state index in [0.29, 0.717) is 12.2 Å². The Balaban J connectivity index is 1.98. The number of aromatic amines is 2. The van der Waals surface area contributed by atoms with Crippen molar-refractivity contribution in [1.29, 1.82) is 0 Å². The van der Waals surface area contributed by atoms with E-state index in [1.165, 1.54) is 17.0 Å². The molecule has 3 aromatic rings. The van der Waals surface area contributed by atoms with Crippen LogP contribution in [0.3, 0.4) is 0 Å². The van der Waals surface area contributed by atoms with Gasteiger partial charge in [0.25, 0.3) is 5.56 Å². The Morgan fingerprint density at radius 3 is 2.64 bits per heavy atom. The van der Waals surface area contributed by atoms with Crippen LogP contribution >= 0.6 is 0 Å². The monoisotopic (exact) mass is 299 g/mol. The van der Waals surface area contributed by atoms with Crippen LogP contribution in [0.5, 0.6) is 5.75 Å². The first kappa shape index (κ1) is 13.8. The number of hydrogen-bond acceptors (Lipinski definition) is 5. The van der Waals surface area contributed by atoms with E-state index in [2.05, 4.69) is 20.4 Å². The molecule has 0 saturated heterocycles. The molecular formula is C14H13N5O3. The van der Waals surface area contributed by atoms with Gasteiger partial charge in [-0.05, 0) is 17.7 Å². The minimum atomic E-state index is -0.495. The molecule has 0 spiro atoms. The molecule has 0 aliphatic heterocycles. The van der Waals surface area contributed by atoms with Gasteiger partial charge in [0.15, 0.2) is 0 Å². The third kappa shape index (κ3) is 2.66. The van der Waals surface area contributed by atoms with E-state index >= 15 is 0 Å². The number of nitrogens with one attached hydrogen (secondary N) is 2. The summed E-state index contributed by atoms with van der Waals surface area (Å²) in [6.07, 6.45) is 2.97. The summed E-state index contributed by atoms with van der Waals surface area (Å²) in [7, 11) is 1.59. The average molecular weight is 299 g/mol. The van der Waals surface area contributed by atoms with E-state index in [-0.39, 0.29) is 5.56 Å². The molecule has 22 heavy (non-hydrogen) atoms. The second-order valence-electron chi connectivity index (χ2n) is 4.64. The van der Waals surface area contributed by atoms with Crippen molar-refractivity contribution < 1.29 is 4.74 Å². The quantitative estimate of drug-likeness (QED) is 0.724. The molecule has 2 aromatic heterocycles. The van der Waals surface area contributed by atoms with Crippen LogP contribution in [0.2, 0.25) is 0 Å². The van der Waals surface area contributed by atoms with E-state index in [1.54, 1.807) is 7.11 Å². The largest absolute Gasteiger partial charge is 0.497 e. The lowest BCUT2D eigenvalue weighted by Gasteiger charge is -2.07. The van der Waals surface area contributed by atoms with Gasteiger partial charge in [0.1, 0.15) is 11.4 Å². The summed E-state index contributed by atoms with van der Waals surface area (Å²) in [4.78, 5) is 26.1. The molecule has 2 heterocycles. The summed E-state index contributed by atoms with van der Waals surface area (Å²) in [6.45, 7) is 0.324. The summed E-state index contributed by atoms with van der Waals surface area (Å²) in [5.41, 5.74) is 0.589. The van der Waals surface area contributed by atoms with Crippen LogP contribution in [-0.4, -0.2) is 32.1 Å². The maximum Gasteiger partial charge on any atom is 0.328 e. The first-order valence-electron chi connectivity index (χ1n) is 6.51. The third-order valence-corrected chi connectivity index (χ3v) is 3.22. The van der Waals surface area contributed by atoms with Crippen LogP contribution < -0.4 is 16.0 Å². The molecule has 8 nitrogen and oxygen atoms in total. The van der Waals surface area contributed by atoms with Crippen LogP contribution in [0.4, 0.5) is 0 Å². The fraction of sp³-hybridized carbons (Fsp3) is 0.143. The highest BCUT2D eigenvalue weighted by atomic mass is 16.5. The van der Waals surface area contributed by atoms with E-state index in [0.717, 1.165) is 11.3 Å². The van der Waals surface area contributed by atoms with Gasteiger partial charge in [-0.15, -0.1) is 5.10 Å². The Bertz CT molecular complexity index is 878. The Labute approximate surface area is 124 Å². The van der Waals surface area contributed by atoms with E-state index in [1.807, 2.05) is 24.3 Å². The predicted molar refractivity (Wildman–Crippen MR) is 78.8 cm³/mol. The smallest absolute Gasteiger partial charge is 0.328 e. The SMILES string of the molecule is COc1ccc(Cn2cc(-c3c[nH]nn3)c(=O)[nH]c2=O)cc1. The van der Waals surface area contributed by atoms with Crippen molar-refractivity contribution in [1.82, 2.24) is 25.0 Å². The van der Waals surface area contributed by atoms with Crippen molar-refractivity contribution in [3.05, 3.63) is 63.1 Å². The fourth-order valence-corrected chi connectivity index (χ4v) is 2.07. The highest BCUT2D eigenvalue weighted by Gasteiger charge is 2.10. The number of nitrogens with zero attached hydrogens (tertiary/aromatic N) is 3. The molecule has 112 valence electrons. The van der Waals surface area contributed by atoms with E-state index in [9.17, 15) is 9.59 Å². The summed E-state index contributed by atoms with van der Waals surface area (Å²) in [6, 6.07) is 7.33. The molecular weight excluding hydrogens is 286 g/mol. The third-order valence-electron chi connectivity index (χ3n) is 3.22. The summed E-state index contributed by atoms with van der Waals surface area (Å²) < 4.78 is 6.50. The standard InChI is InChI=1S/C14H13N5O3/c1-22-10-4-2-9(3-5-10)7-19-8-11(12-6-15-18-17-12)13(20)16-14(19)21/h2-6,8H,7H2,1H3,(H,15,17,18)(H,16,20,21). The molecule has 1 aromatic carbocycles. The number of ether oxygens (including phenoxy) is 1. The molecule has 0 saturated carbocycles. The molecule has 3 rings (SSSR count). The number of rotatable bonds is 4. The van der Waals surface area contributed by atoms with Crippen molar-refractivity contribution in [3.8, 4) is 17.0 Å². The maximum absolute atomic E-state index is 11.9. The highest BCUT2D eigenvalue weighted by molar-refractivity contribution is 5.54. The second-order valence-corrected chi connectivity index (χ2v) is 4.64. The van der Waals surface area contributed by atoms with Crippen LogP contribution in [0.25, 0.3) is 11.3 Å². The van der Waals surface area contributed by atoms with Crippen molar-refractivity contribution in [2.75, 3.05) is 7.11 Å².